The summed E-state index contributed by atoms with van der Waals surface area (Å²) in [5, 5.41) is 0. The summed E-state index contributed by atoms with van der Waals surface area (Å²) in [4.78, 5) is 12.8. The number of hydrogen-bond acceptors (Lipinski definition) is 2. The van der Waals surface area contributed by atoms with Gasteiger partial charge in [-0.25, -0.2) is 0 Å². The minimum Gasteiger partial charge on any atom is -0.297 e. The molecule has 2 rings (SSSR count). The Morgan fingerprint density at radius 1 is 1.64 bits per heavy atom. The van der Waals surface area contributed by atoms with Crippen LogP contribution in [0.3, 0.4) is 0 Å². The van der Waals surface area contributed by atoms with Crippen molar-refractivity contribution in [1.82, 2.24) is 0 Å². The Morgan fingerprint density at radius 3 is 2.82 bits per heavy atom. The van der Waals surface area contributed by atoms with E-state index in [1.54, 1.807) is 11.3 Å². The Morgan fingerprint density at radius 2 is 2.36 bits per heavy atom. The predicted octanol–water partition coefficient (Wildman–Crippen LogP) is 2.75. The average molecular weight is 166 g/mol. The quantitative estimate of drug-likeness (QED) is 0.617. The third kappa shape index (κ3) is 1.23. The molecule has 0 spiro atoms. The van der Waals surface area contributed by atoms with Crippen molar-refractivity contribution in [3.05, 3.63) is 21.4 Å². The number of carbonyl (C=O) groups is 1. The Balaban J connectivity index is 2.35. The molecule has 1 aliphatic carbocycles. The lowest BCUT2D eigenvalue weighted by Gasteiger charge is -1.83. The zero-order valence-corrected chi connectivity index (χ0v) is 7.28. The Bertz CT molecular complexity index is 284. The average Bonchev–Trinajstić information content (AvgIpc) is 2.76. The largest absolute Gasteiger partial charge is 0.297 e. The molecule has 1 aliphatic rings. The summed E-state index contributed by atoms with van der Waals surface area (Å²) in [5.41, 5.74) is 1.15. The molecule has 0 unspecified atom stereocenters. The lowest BCUT2D eigenvalue weighted by Crippen LogP contribution is -1.72. The summed E-state index contributed by atoms with van der Waals surface area (Å²) < 4.78 is 0. The third-order valence-electron chi connectivity index (χ3n) is 2.06. The van der Waals surface area contributed by atoms with E-state index in [-0.39, 0.29) is 0 Å². The van der Waals surface area contributed by atoms with Gasteiger partial charge in [-0.05, 0) is 37.3 Å². The molecule has 0 atom stereocenters. The van der Waals surface area contributed by atoms with Crippen molar-refractivity contribution in [1.29, 1.82) is 0 Å². The second-order valence-electron chi connectivity index (χ2n) is 3.09. The van der Waals surface area contributed by atoms with Crippen molar-refractivity contribution in [2.75, 3.05) is 0 Å². The molecule has 0 radical (unpaired) electrons. The molecule has 0 saturated heterocycles. The molecule has 1 fully saturated rings. The Hall–Kier alpha value is -0.630. The number of hydrogen-bond donors (Lipinski definition) is 0. The maximum Gasteiger partial charge on any atom is 0.160 e. The monoisotopic (exact) mass is 166 g/mol. The summed E-state index contributed by atoms with van der Waals surface area (Å²) in [6.07, 6.45) is 3.60. The Kier molecular flexibility index (Phi) is 1.57. The first kappa shape index (κ1) is 7.04. The van der Waals surface area contributed by atoms with Gasteiger partial charge < -0.3 is 0 Å². The van der Waals surface area contributed by atoms with Crippen LogP contribution < -0.4 is 0 Å². The van der Waals surface area contributed by atoms with Crippen LogP contribution in [0.25, 0.3) is 0 Å². The lowest BCUT2D eigenvalue weighted by molar-refractivity contribution is 0.112. The number of rotatable bonds is 2. The van der Waals surface area contributed by atoms with Gasteiger partial charge in [0.1, 0.15) is 0 Å². The molecule has 58 valence electrons. The first-order valence-corrected chi connectivity index (χ1v) is 4.68. The van der Waals surface area contributed by atoms with E-state index < -0.39 is 0 Å². The molecule has 1 aromatic heterocycles. The van der Waals surface area contributed by atoms with Crippen LogP contribution >= 0.6 is 11.3 Å². The fourth-order valence-corrected chi connectivity index (χ4v) is 2.37. The first-order valence-electron chi connectivity index (χ1n) is 3.87. The molecule has 11 heavy (non-hydrogen) atoms. The Labute approximate surface area is 70.1 Å². The zero-order chi connectivity index (χ0) is 7.84. The van der Waals surface area contributed by atoms with Gasteiger partial charge in [-0.3, -0.25) is 4.79 Å². The lowest BCUT2D eigenvalue weighted by atomic mass is 10.2. The number of aryl methyl sites for hydroxylation is 1. The van der Waals surface area contributed by atoms with Crippen LogP contribution in [0.1, 0.15) is 38.9 Å². The number of carbonyl (C=O) groups excluding carboxylic acids is 1. The molecule has 2 heteroatoms. The van der Waals surface area contributed by atoms with Crippen molar-refractivity contribution in [2.45, 2.75) is 25.7 Å². The van der Waals surface area contributed by atoms with Crippen molar-refractivity contribution in [3.63, 3.8) is 0 Å². The number of aldehydes is 1. The summed E-state index contributed by atoms with van der Waals surface area (Å²) in [7, 11) is 0. The molecule has 0 aliphatic heterocycles. The molecular weight excluding hydrogens is 156 g/mol. The van der Waals surface area contributed by atoms with Crippen LogP contribution in [0.5, 0.6) is 0 Å². The van der Waals surface area contributed by atoms with Crippen molar-refractivity contribution in [2.24, 2.45) is 0 Å². The molecule has 1 saturated carbocycles. The fourth-order valence-electron chi connectivity index (χ4n) is 1.21. The van der Waals surface area contributed by atoms with E-state index in [0.717, 1.165) is 22.6 Å². The molecule has 0 amide bonds. The fraction of sp³-hybridized carbons (Fsp3) is 0.444. The zero-order valence-electron chi connectivity index (χ0n) is 6.46. The molecule has 0 bridgehead atoms. The maximum atomic E-state index is 10.5. The van der Waals surface area contributed by atoms with E-state index in [1.807, 2.05) is 6.92 Å². The van der Waals surface area contributed by atoms with Crippen LogP contribution in [0.4, 0.5) is 0 Å². The predicted molar refractivity (Wildman–Crippen MR) is 46.4 cm³/mol. The van der Waals surface area contributed by atoms with Crippen LogP contribution in [0.2, 0.25) is 0 Å². The van der Waals surface area contributed by atoms with E-state index in [4.69, 9.17) is 0 Å². The molecule has 0 N–H and O–H groups in total. The van der Waals surface area contributed by atoms with E-state index in [1.165, 1.54) is 17.7 Å². The van der Waals surface area contributed by atoms with Gasteiger partial charge >= 0.3 is 0 Å². The van der Waals surface area contributed by atoms with Gasteiger partial charge in [-0.15, -0.1) is 11.3 Å². The van der Waals surface area contributed by atoms with Crippen molar-refractivity contribution >= 4 is 17.6 Å². The van der Waals surface area contributed by atoms with Crippen LogP contribution in [0, 0.1) is 6.92 Å². The highest BCUT2D eigenvalue weighted by Gasteiger charge is 2.25. The van der Waals surface area contributed by atoms with Crippen molar-refractivity contribution < 1.29 is 4.79 Å². The SMILES string of the molecule is Cc1cc(C2CC2)sc1C=O. The van der Waals surface area contributed by atoms with Gasteiger partial charge in [0.05, 0.1) is 4.88 Å². The van der Waals surface area contributed by atoms with Gasteiger partial charge in [0.2, 0.25) is 0 Å². The highest BCUT2D eigenvalue weighted by atomic mass is 32.1. The maximum absolute atomic E-state index is 10.5. The van der Waals surface area contributed by atoms with Crippen LogP contribution in [0.15, 0.2) is 6.07 Å². The van der Waals surface area contributed by atoms with Gasteiger partial charge in [-0.1, -0.05) is 0 Å². The van der Waals surface area contributed by atoms with Crippen molar-refractivity contribution in [3.8, 4) is 0 Å². The molecule has 0 aromatic carbocycles. The van der Waals surface area contributed by atoms with Gasteiger partial charge in [0.25, 0.3) is 0 Å². The van der Waals surface area contributed by atoms with Gasteiger partial charge in [0, 0.05) is 4.88 Å². The highest BCUT2D eigenvalue weighted by Crippen LogP contribution is 2.43. The molecule has 1 nitrogen and oxygen atoms in total. The molecule has 1 heterocycles. The molecule has 1 aromatic rings. The van der Waals surface area contributed by atoms with E-state index >= 15 is 0 Å². The summed E-state index contributed by atoms with van der Waals surface area (Å²) in [6.45, 7) is 2.01. The van der Waals surface area contributed by atoms with E-state index in [2.05, 4.69) is 6.07 Å². The van der Waals surface area contributed by atoms with Gasteiger partial charge in [-0.2, -0.15) is 0 Å². The summed E-state index contributed by atoms with van der Waals surface area (Å²) in [5.74, 6) is 0.785. The minimum atomic E-state index is 0.785. The second kappa shape index (κ2) is 2.45. The van der Waals surface area contributed by atoms with Gasteiger partial charge in [0.15, 0.2) is 6.29 Å². The number of thiophene rings is 1. The second-order valence-corrected chi connectivity index (χ2v) is 4.20. The smallest absolute Gasteiger partial charge is 0.160 e. The minimum absolute atomic E-state index is 0.785. The van der Waals surface area contributed by atoms with E-state index in [9.17, 15) is 4.79 Å². The summed E-state index contributed by atoms with van der Waals surface area (Å²) >= 11 is 1.66. The summed E-state index contributed by atoms with van der Waals surface area (Å²) in [6, 6.07) is 2.16. The highest BCUT2D eigenvalue weighted by molar-refractivity contribution is 7.14. The molecular formula is C9H10OS. The van der Waals surface area contributed by atoms with Crippen LogP contribution in [-0.2, 0) is 0 Å². The topological polar surface area (TPSA) is 17.1 Å². The van der Waals surface area contributed by atoms with Crippen LogP contribution in [-0.4, -0.2) is 6.29 Å². The normalized spacial score (nSPS) is 16.8. The standard InChI is InChI=1S/C9H10OS/c1-6-4-8(7-2-3-7)11-9(6)5-10/h4-5,7H,2-3H2,1H3. The third-order valence-corrected chi connectivity index (χ3v) is 3.39. The van der Waals surface area contributed by atoms with E-state index in [0.29, 0.717) is 0 Å². The first-order chi connectivity index (χ1) is 5.31.